The Hall–Kier alpha value is -3.31. The fourth-order valence-corrected chi connectivity index (χ4v) is 3.28. The van der Waals surface area contributed by atoms with Gasteiger partial charge in [0.25, 0.3) is 5.91 Å². The Labute approximate surface area is 180 Å². The maximum atomic E-state index is 12.8. The van der Waals surface area contributed by atoms with Gasteiger partial charge in [0.2, 0.25) is 0 Å². The molecule has 5 nitrogen and oxygen atoms in total. The number of anilines is 1. The standard InChI is InChI=1S/C24H22ClNO4/c1-15-4-3-5-18(10-15)14-30-19-7-8-21(25)20(13-19)24(29)26-22-9-6-17(11-16(22)2)12-23(27)28/h3-11,13H,12,14H2,1-2H3,(H,26,29)(H,27,28). The SMILES string of the molecule is Cc1cccc(COc2ccc(Cl)c(C(=O)Nc3ccc(CC(=O)O)cc3C)c2)c1. The molecule has 6 heteroatoms. The van der Waals surface area contributed by atoms with Crippen molar-refractivity contribution in [3.63, 3.8) is 0 Å². The molecule has 3 aromatic rings. The Balaban J connectivity index is 1.72. The molecule has 154 valence electrons. The predicted octanol–water partition coefficient (Wildman–Crippen LogP) is 5.42. The second kappa shape index (κ2) is 9.46. The fraction of sp³-hybridized carbons (Fsp3) is 0.167. The number of hydrogen-bond acceptors (Lipinski definition) is 3. The largest absolute Gasteiger partial charge is 0.489 e. The van der Waals surface area contributed by atoms with Crippen molar-refractivity contribution in [2.45, 2.75) is 26.9 Å². The highest BCUT2D eigenvalue weighted by atomic mass is 35.5. The van der Waals surface area contributed by atoms with E-state index in [1.807, 2.05) is 38.1 Å². The Morgan fingerprint density at radius 1 is 1.00 bits per heavy atom. The third kappa shape index (κ3) is 5.61. The lowest BCUT2D eigenvalue weighted by Gasteiger charge is -2.12. The topological polar surface area (TPSA) is 75.6 Å². The molecule has 0 aliphatic carbocycles. The monoisotopic (exact) mass is 423 g/mol. The number of benzene rings is 3. The maximum absolute atomic E-state index is 12.8. The molecule has 1 amide bonds. The van der Waals surface area contributed by atoms with Crippen LogP contribution in [0.3, 0.4) is 0 Å². The van der Waals surface area contributed by atoms with Gasteiger partial charge >= 0.3 is 5.97 Å². The zero-order chi connectivity index (χ0) is 21.7. The lowest BCUT2D eigenvalue weighted by molar-refractivity contribution is -0.136. The highest BCUT2D eigenvalue weighted by Crippen LogP contribution is 2.25. The first-order chi connectivity index (χ1) is 14.3. The summed E-state index contributed by atoms with van der Waals surface area (Å²) in [6.07, 6.45) is -0.0682. The molecule has 30 heavy (non-hydrogen) atoms. The maximum Gasteiger partial charge on any atom is 0.307 e. The van der Waals surface area contributed by atoms with Crippen LogP contribution >= 0.6 is 11.6 Å². The molecule has 0 aromatic heterocycles. The number of amides is 1. The van der Waals surface area contributed by atoms with Gasteiger partial charge < -0.3 is 15.2 Å². The Morgan fingerprint density at radius 2 is 1.80 bits per heavy atom. The average Bonchev–Trinajstić information content (AvgIpc) is 2.69. The highest BCUT2D eigenvalue weighted by Gasteiger charge is 2.14. The number of carboxylic acids is 1. The van der Waals surface area contributed by atoms with Crippen LogP contribution in [0.4, 0.5) is 5.69 Å². The molecule has 0 heterocycles. The molecule has 3 aromatic carbocycles. The minimum absolute atomic E-state index is 0.0682. The lowest BCUT2D eigenvalue weighted by Crippen LogP contribution is -2.14. The number of hydrogen-bond donors (Lipinski definition) is 2. The third-order valence-electron chi connectivity index (χ3n) is 4.56. The van der Waals surface area contributed by atoms with Gasteiger partial charge in [-0.2, -0.15) is 0 Å². The van der Waals surface area contributed by atoms with Gasteiger partial charge in [0.15, 0.2) is 0 Å². The number of carbonyl (C=O) groups excluding carboxylic acids is 1. The number of aryl methyl sites for hydroxylation is 2. The van der Waals surface area contributed by atoms with Gasteiger partial charge in [0, 0.05) is 5.69 Å². The number of halogens is 1. The molecule has 0 unspecified atom stereocenters. The molecule has 0 aliphatic rings. The van der Waals surface area contributed by atoms with Crippen molar-refractivity contribution >= 4 is 29.2 Å². The highest BCUT2D eigenvalue weighted by molar-refractivity contribution is 6.34. The smallest absolute Gasteiger partial charge is 0.307 e. The van der Waals surface area contributed by atoms with E-state index in [1.165, 1.54) is 0 Å². The van der Waals surface area contributed by atoms with Crippen molar-refractivity contribution in [2.75, 3.05) is 5.32 Å². The predicted molar refractivity (Wildman–Crippen MR) is 117 cm³/mol. The number of nitrogens with one attached hydrogen (secondary N) is 1. The summed E-state index contributed by atoms with van der Waals surface area (Å²) in [6.45, 7) is 4.21. The first kappa shape index (κ1) is 21.4. The molecule has 0 spiro atoms. The summed E-state index contributed by atoms with van der Waals surface area (Å²) in [5.41, 5.74) is 4.52. The summed E-state index contributed by atoms with van der Waals surface area (Å²) < 4.78 is 5.83. The zero-order valence-corrected chi connectivity index (χ0v) is 17.5. The molecule has 3 rings (SSSR count). The number of rotatable bonds is 7. The number of ether oxygens (including phenoxy) is 1. The molecule has 0 radical (unpaired) electrons. The number of aliphatic carboxylic acids is 1. The Kier molecular flexibility index (Phi) is 6.75. The number of carbonyl (C=O) groups is 2. The molecular weight excluding hydrogens is 402 g/mol. The minimum atomic E-state index is -0.902. The van der Waals surface area contributed by atoms with E-state index in [2.05, 4.69) is 5.32 Å². The van der Waals surface area contributed by atoms with E-state index in [-0.39, 0.29) is 12.3 Å². The second-order valence-corrected chi connectivity index (χ2v) is 7.50. The summed E-state index contributed by atoms with van der Waals surface area (Å²) in [6, 6.07) is 18.1. The molecule has 0 atom stereocenters. The Bertz CT molecular complexity index is 1090. The molecule has 0 bridgehead atoms. The van der Waals surface area contributed by atoms with Gasteiger partial charge in [-0.25, -0.2) is 0 Å². The molecular formula is C24H22ClNO4. The minimum Gasteiger partial charge on any atom is -0.489 e. The van der Waals surface area contributed by atoms with Crippen LogP contribution in [-0.2, 0) is 17.8 Å². The molecule has 0 fully saturated rings. The summed E-state index contributed by atoms with van der Waals surface area (Å²) in [7, 11) is 0. The van der Waals surface area contributed by atoms with E-state index < -0.39 is 5.97 Å². The van der Waals surface area contributed by atoms with Crippen LogP contribution < -0.4 is 10.1 Å². The van der Waals surface area contributed by atoms with E-state index in [9.17, 15) is 9.59 Å². The van der Waals surface area contributed by atoms with Crippen LogP contribution in [0, 0.1) is 13.8 Å². The van der Waals surface area contributed by atoms with Crippen molar-refractivity contribution in [3.05, 3.63) is 93.5 Å². The van der Waals surface area contributed by atoms with Crippen LogP contribution in [-0.4, -0.2) is 17.0 Å². The van der Waals surface area contributed by atoms with Gasteiger partial charge in [0.05, 0.1) is 17.0 Å². The van der Waals surface area contributed by atoms with Crippen molar-refractivity contribution in [2.24, 2.45) is 0 Å². The quantitative estimate of drug-likeness (QED) is 0.532. The fourth-order valence-electron chi connectivity index (χ4n) is 3.08. The van der Waals surface area contributed by atoms with Crippen LogP contribution in [0.2, 0.25) is 5.02 Å². The van der Waals surface area contributed by atoms with Crippen molar-refractivity contribution in [3.8, 4) is 5.75 Å². The van der Waals surface area contributed by atoms with E-state index in [1.54, 1.807) is 36.4 Å². The van der Waals surface area contributed by atoms with Gasteiger partial charge in [-0.05, 0) is 54.8 Å². The van der Waals surface area contributed by atoms with Crippen LogP contribution in [0.1, 0.15) is 32.6 Å². The molecule has 0 aliphatic heterocycles. The summed E-state index contributed by atoms with van der Waals surface area (Å²) in [4.78, 5) is 23.6. The molecule has 0 saturated heterocycles. The summed E-state index contributed by atoms with van der Waals surface area (Å²) in [5, 5.41) is 12.1. The van der Waals surface area contributed by atoms with E-state index >= 15 is 0 Å². The van der Waals surface area contributed by atoms with Crippen molar-refractivity contribution in [1.82, 2.24) is 0 Å². The first-order valence-electron chi connectivity index (χ1n) is 9.42. The Morgan fingerprint density at radius 3 is 2.50 bits per heavy atom. The van der Waals surface area contributed by atoms with Gasteiger partial charge in [-0.3, -0.25) is 9.59 Å². The second-order valence-electron chi connectivity index (χ2n) is 7.09. The zero-order valence-electron chi connectivity index (χ0n) is 16.7. The summed E-state index contributed by atoms with van der Waals surface area (Å²) >= 11 is 6.24. The van der Waals surface area contributed by atoms with Gasteiger partial charge in [0.1, 0.15) is 12.4 Å². The van der Waals surface area contributed by atoms with Crippen LogP contribution in [0.25, 0.3) is 0 Å². The molecule has 0 saturated carbocycles. The van der Waals surface area contributed by atoms with E-state index in [4.69, 9.17) is 21.4 Å². The number of carboxylic acid groups (broad SMARTS) is 1. The van der Waals surface area contributed by atoms with Crippen molar-refractivity contribution < 1.29 is 19.4 Å². The van der Waals surface area contributed by atoms with E-state index in [0.29, 0.717) is 34.2 Å². The third-order valence-corrected chi connectivity index (χ3v) is 4.89. The van der Waals surface area contributed by atoms with E-state index in [0.717, 1.165) is 16.7 Å². The first-order valence-corrected chi connectivity index (χ1v) is 9.80. The normalized spacial score (nSPS) is 10.5. The van der Waals surface area contributed by atoms with Gasteiger partial charge in [-0.15, -0.1) is 0 Å². The molecule has 2 N–H and O–H groups in total. The van der Waals surface area contributed by atoms with Crippen molar-refractivity contribution in [1.29, 1.82) is 0 Å². The lowest BCUT2D eigenvalue weighted by atomic mass is 10.1. The van der Waals surface area contributed by atoms with Gasteiger partial charge in [-0.1, -0.05) is 53.6 Å². The van der Waals surface area contributed by atoms with Crippen LogP contribution in [0.5, 0.6) is 5.75 Å². The van der Waals surface area contributed by atoms with Crippen LogP contribution in [0.15, 0.2) is 60.7 Å². The average molecular weight is 424 g/mol. The summed E-state index contributed by atoms with van der Waals surface area (Å²) in [5.74, 6) is -0.727.